The Hall–Kier alpha value is -0.690. The van der Waals surface area contributed by atoms with Gasteiger partial charge >= 0.3 is 0 Å². The van der Waals surface area contributed by atoms with Crippen molar-refractivity contribution in [2.24, 2.45) is 17.6 Å². The second-order valence-corrected chi connectivity index (χ2v) is 6.51. The van der Waals surface area contributed by atoms with Crippen molar-refractivity contribution < 1.29 is 4.79 Å². The number of hydrogen-bond donors (Lipinski definition) is 1. The zero-order chi connectivity index (χ0) is 12.7. The fraction of sp³-hybridized carbons (Fsp3) is 0.538. The van der Waals surface area contributed by atoms with Crippen LogP contribution in [0.5, 0.6) is 0 Å². The Morgan fingerprint density at radius 3 is 2.94 bits per heavy atom. The molecule has 3 unspecified atom stereocenters. The number of halogens is 1. The first-order chi connectivity index (χ1) is 8.65. The van der Waals surface area contributed by atoms with E-state index in [9.17, 15) is 4.79 Å². The number of amides is 1. The van der Waals surface area contributed by atoms with Crippen LogP contribution in [0.1, 0.15) is 23.2 Å². The fourth-order valence-electron chi connectivity index (χ4n) is 3.18. The van der Waals surface area contributed by atoms with E-state index in [1.54, 1.807) is 12.4 Å². The average Bonchev–Trinajstić information content (AvgIpc) is 2.91. The minimum Gasteiger partial charge on any atom is -0.338 e. The summed E-state index contributed by atoms with van der Waals surface area (Å²) in [5, 5.41) is 0. The highest BCUT2D eigenvalue weighted by molar-refractivity contribution is 14.1. The molecule has 1 amide bonds. The zero-order valence-corrected chi connectivity index (χ0v) is 12.2. The molecule has 2 fully saturated rings. The second kappa shape index (κ2) is 4.77. The molecular formula is C13H16IN3O. The van der Waals surface area contributed by atoms with E-state index in [0.717, 1.165) is 23.1 Å². The van der Waals surface area contributed by atoms with E-state index in [4.69, 9.17) is 5.73 Å². The van der Waals surface area contributed by atoms with Crippen LogP contribution in [0.4, 0.5) is 0 Å². The summed E-state index contributed by atoms with van der Waals surface area (Å²) in [5.74, 6) is 1.21. The van der Waals surface area contributed by atoms with Crippen LogP contribution in [0.3, 0.4) is 0 Å². The third kappa shape index (κ3) is 2.14. The van der Waals surface area contributed by atoms with Crippen LogP contribution in [0.15, 0.2) is 18.5 Å². The molecule has 4 nitrogen and oxygen atoms in total. The molecule has 0 bridgehead atoms. The van der Waals surface area contributed by atoms with Gasteiger partial charge in [0.25, 0.3) is 5.91 Å². The van der Waals surface area contributed by atoms with Crippen molar-refractivity contribution >= 4 is 28.5 Å². The van der Waals surface area contributed by atoms with Crippen LogP contribution in [0.25, 0.3) is 0 Å². The lowest BCUT2D eigenvalue weighted by Crippen LogP contribution is -2.33. The molecule has 5 heteroatoms. The Morgan fingerprint density at radius 2 is 2.22 bits per heavy atom. The van der Waals surface area contributed by atoms with E-state index in [1.807, 2.05) is 11.0 Å². The lowest BCUT2D eigenvalue weighted by atomic mass is 9.98. The highest BCUT2D eigenvalue weighted by Crippen LogP contribution is 2.37. The summed E-state index contributed by atoms with van der Waals surface area (Å²) in [4.78, 5) is 18.4. The largest absolute Gasteiger partial charge is 0.338 e. The lowest BCUT2D eigenvalue weighted by molar-refractivity contribution is 0.0779. The van der Waals surface area contributed by atoms with Crippen molar-refractivity contribution in [1.29, 1.82) is 0 Å². The van der Waals surface area contributed by atoms with Crippen LogP contribution >= 0.6 is 22.6 Å². The van der Waals surface area contributed by atoms with Gasteiger partial charge in [-0.2, -0.15) is 0 Å². The number of likely N-dealkylation sites (tertiary alicyclic amines) is 1. The molecule has 1 aliphatic carbocycles. The number of carbonyl (C=O) groups excluding carboxylic acids is 1. The standard InChI is InChI=1S/C13H16IN3O/c14-10-3-9(4-16-5-10)13(18)17-6-8-1-2-12(15)11(8)7-17/h3-5,8,11-12H,1-2,6-7,15H2. The van der Waals surface area contributed by atoms with Crippen LogP contribution < -0.4 is 5.73 Å². The maximum absolute atomic E-state index is 12.4. The van der Waals surface area contributed by atoms with Gasteiger partial charge in [0.15, 0.2) is 0 Å². The predicted octanol–water partition coefficient (Wildman–Crippen LogP) is 1.50. The normalized spacial score (nSPS) is 30.6. The molecule has 0 radical (unpaired) electrons. The molecule has 2 heterocycles. The number of hydrogen-bond acceptors (Lipinski definition) is 3. The van der Waals surface area contributed by atoms with Crippen LogP contribution in [-0.2, 0) is 0 Å². The fourth-order valence-corrected chi connectivity index (χ4v) is 3.68. The van der Waals surface area contributed by atoms with Gasteiger partial charge in [-0.1, -0.05) is 0 Å². The molecule has 3 atom stereocenters. The minimum atomic E-state index is 0.0996. The number of nitrogens with two attached hydrogens (primary N) is 1. The van der Waals surface area contributed by atoms with Crippen molar-refractivity contribution in [2.75, 3.05) is 13.1 Å². The van der Waals surface area contributed by atoms with E-state index in [2.05, 4.69) is 27.6 Å². The molecule has 0 spiro atoms. The summed E-state index contributed by atoms with van der Waals surface area (Å²) in [6.45, 7) is 1.68. The number of fused-ring (bicyclic) bond motifs is 1. The number of carbonyl (C=O) groups is 1. The van der Waals surface area contributed by atoms with Crippen LogP contribution in [0.2, 0.25) is 0 Å². The zero-order valence-electron chi connectivity index (χ0n) is 10.1. The van der Waals surface area contributed by atoms with E-state index in [0.29, 0.717) is 17.4 Å². The van der Waals surface area contributed by atoms with Gasteiger partial charge in [-0.3, -0.25) is 9.78 Å². The highest BCUT2D eigenvalue weighted by Gasteiger charge is 2.42. The molecule has 1 saturated heterocycles. The summed E-state index contributed by atoms with van der Waals surface area (Å²) >= 11 is 2.18. The quantitative estimate of drug-likeness (QED) is 0.775. The first kappa shape index (κ1) is 12.3. The van der Waals surface area contributed by atoms with Gasteiger partial charge in [-0.05, 0) is 53.3 Å². The maximum atomic E-state index is 12.4. The molecule has 3 rings (SSSR count). The minimum absolute atomic E-state index is 0.0996. The first-order valence-electron chi connectivity index (χ1n) is 6.30. The monoisotopic (exact) mass is 357 g/mol. The van der Waals surface area contributed by atoms with E-state index in [1.165, 1.54) is 6.42 Å². The summed E-state index contributed by atoms with van der Waals surface area (Å²) in [6.07, 6.45) is 5.69. The Morgan fingerprint density at radius 1 is 1.39 bits per heavy atom. The highest BCUT2D eigenvalue weighted by atomic mass is 127. The van der Waals surface area contributed by atoms with Crippen molar-refractivity contribution in [3.8, 4) is 0 Å². The maximum Gasteiger partial charge on any atom is 0.255 e. The van der Waals surface area contributed by atoms with Crippen molar-refractivity contribution in [3.05, 3.63) is 27.6 Å². The Bertz CT molecular complexity index is 479. The van der Waals surface area contributed by atoms with Gasteiger partial charge in [0.05, 0.1) is 5.56 Å². The number of nitrogens with zero attached hydrogens (tertiary/aromatic N) is 2. The van der Waals surface area contributed by atoms with E-state index < -0.39 is 0 Å². The van der Waals surface area contributed by atoms with Gasteiger partial charge in [-0.25, -0.2) is 0 Å². The molecule has 0 aromatic carbocycles. The van der Waals surface area contributed by atoms with E-state index in [-0.39, 0.29) is 11.9 Å². The molecule has 96 valence electrons. The summed E-state index contributed by atoms with van der Waals surface area (Å²) in [7, 11) is 0. The third-order valence-corrected chi connectivity index (χ3v) is 4.74. The van der Waals surface area contributed by atoms with Gasteiger partial charge in [-0.15, -0.1) is 0 Å². The lowest BCUT2D eigenvalue weighted by Gasteiger charge is -2.18. The molecule has 1 aliphatic heterocycles. The number of rotatable bonds is 1. The molecular weight excluding hydrogens is 341 g/mol. The average molecular weight is 357 g/mol. The summed E-state index contributed by atoms with van der Waals surface area (Å²) in [6, 6.07) is 2.17. The molecule has 2 aliphatic rings. The van der Waals surface area contributed by atoms with Crippen molar-refractivity contribution in [1.82, 2.24) is 9.88 Å². The predicted molar refractivity (Wildman–Crippen MR) is 77.0 cm³/mol. The van der Waals surface area contributed by atoms with Gasteiger partial charge in [0.2, 0.25) is 0 Å². The Kier molecular flexibility index (Phi) is 3.27. The second-order valence-electron chi connectivity index (χ2n) is 5.27. The molecule has 1 aromatic rings. The van der Waals surface area contributed by atoms with Gasteiger partial charge < -0.3 is 10.6 Å². The number of aromatic nitrogens is 1. The molecule has 1 aromatic heterocycles. The van der Waals surface area contributed by atoms with Crippen molar-refractivity contribution in [3.63, 3.8) is 0 Å². The first-order valence-corrected chi connectivity index (χ1v) is 7.38. The summed E-state index contributed by atoms with van der Waals surface area (Å²) in [5.41, 5.74) is 6.78. The Labute approximate surface area is 120 Å². The number of pyridine rings is 1. The van der Waals surface area contributed by atoms with Gasteiger partial charge in [0.1, 0.15) is 0 Å². The van der Waals surface area contributed by atoms with Crippen LogP contribution in [0, 0.1) is 15.4 Å². The molecule has 18 heavy (non-hydrogen) atoms. The summed E-state index contributed by atoms with van der Waals surface area (Å²) < 4.78 is 0.995. The smallest absolute Gasteiger partial charge is 0.255 e. The van der Waals surface area contributed by atoms with Crippen molar-refractivity contribution in [2.45, 2.75) is 18.9 Å². The Balaban J connectivity index is 1.75. The molecule has 2 N–H and O–H groups in total. The SMILES string of the molecule is NC1CCC2CN(C(=O)c3cncc(I)c3)CC12. The third-order valence-electron chi connectivity index (χ3n) is 4.15. The molecule has 1 saturated carbocycles. The van der Waals surface area contributed by atoms with Gasteiger partial charge in [0, 0.05) is 35.1 Å². The van der Waals surface area contributed by atoms with Crippen LogP contribution in [-0.4, -0.2) is 34.9 Å². The topological polar surface area (TPSA) is 59.2 Å². The van der Waals surface area contributed by atoms with E-state index >= 15 is 0 Å².